The summed E-state index contributed by atoms with van der Waals surface area (Å²) >= 11 is 0. The van der Waals surface area contributed by atoms with Crippen LogP contribution in [0.2, 0.25) is 0 Å². The number of hydrogen-bond acceptors (Lipinski definition) is 3. The molecule has 116 valence electrons. The predicted octanol–water partition coefficient (Wildman–Crippen LogP) is 2.93. The van der Waals surface area contributed by atoms with Gasteiger partial charge in [-0.3, -0.25) is 0 Å². The molecule has 3 unspecified atom stereocenters. The molecule has 3 aliphatic rings. The number of ether oxygens (including phenoxy) is 1. The minimum atomic E-state index is 0.283. The molecule has 3 rings (SSSR count). The van der Waals surface area contributed by atoms with E-state index in [1.807, 2.05) is 0 Å². The normalized spacial score (nSPS) is 37.0. The van der Waals surface area contributed by atoms with Crippen LogP contribution in [0.4, 0.5) is 0 Å². The molecule has 2 aliphatic carbocycles. The van der Waals surface area contributed by atoms with Crippen LogP contribution in [0.5, 0.6) is 0 Å². The predicted molar refractivity (Wildman–Crippen MR) is 82.7 cm³/mol. The largest absolute Gasteiger partial charge is 0.370 e. The summed E-state index contributed by atoms with van der Waals surface area (Å²) in [6.45, 7) is 1.97. The first-order valence-electron chi connectivity index (χ1n) is 8.80. The summed E-state index contributed by atoms with van der Waals surface area (Å²) in [7, 11) is 2.29. The number of nitrogens with two attached hydrogens (primary N) is 1. The van der Waals surface area contributed by atoms with Crippen molar-refractivity contribution in [3.05, 3.63) is 0 Å². The molecule has 3 nitrogen and oxygen atoms in total. The molecule has 3 fully saturated rings. The maximum Gasteiger partial charge on any atom is 0.0710 e. The van der Waals surface area contributed by atoms with Gasteiger partial charge < -0.3 is 15.4 Å². The van der Waals surface area contributed by atoms with E-state index in [9.17, 15) is 0 Å². The van der Waals surface area contributed by atoms with Gasteiger partial charge in [-0.1, -0.05) is 25.7 Å². The van der Waals surface area contributed by atoms with Crippen molar-refractivity contribution < 1.29 is 4.74 Å². The summed E-state index contributed by atoms with van der Waals surface area (Å²) in [5, 5.41) is 0. The number of rotatable bonds is 4. The Hall–Kier alpha value is -0.120. The first-order chi connectivity index (χ1) is 9.72. The highest BCUT2D eigenvalue weighted by Crippen LogP contribution is 2.43. The van der Waals surface area contributed by atoms with Gasteiger partial charge in [0.1, 0.15) is 0 Å². The van der Waals surface area contributed by atoms with Crippen LogP contribution in [0.1, 0.15) is 64.2 Å². The zero-order chi connectivity index (χ0) is 14.0. The second-order valence-corrected chi connectivity index (χ2v) is 7.46. The fraction of sp³-hybridized carbons (Fsp3) is 1.00. The van der Waals surface area contributed by atoms with E-state index in [4.69, 9.17) is 10.5 Å². The zero-order valence-electron chi connectivity index (χ0n) is 13.2. The second kappa shape index (κ2) is 6.33. The number of hydrogen-bond donors (Lipinski definition) is 1. The lowest BCUT2D eigenvalue weighted by Crippen LogP contribution is -2.46. The molecule has 1 saturated heterocycles. The average Bonchev–Trinajstić information content (AvgIpc) is 3.09. The third-order valence-corrected chi connectivity index (χ3v) is 6.08. The van der Waals surface area contributed by atoms with E-state index >= 15 is 0 Å². The fourth-order valence-electron chi connectivity index (χ4n) is 4.91. The molecular formula is C17H32N2O. The summed E-state index contributed by atoms with van der Waals surface area (Å²) in [5.74, 6) is 0.704. The molecule has 1 heterocycles. The van der Waals surface area contributed by atoms with E-state index in [1.165, 1.54) is 64.2 Å². The van der Waals surface area contributed by atoms with Crippen LogP contribution in [-0.2, 0) is 4.74 Å². The molecule has 0 amide bonds. The Morgan fingerprint density at radius 1 is 1.05 bits per heavy atom. The molecular weight excluding hydrogens is 248 g/mol. The van der Waals surface area contributed by atoms with E-state index in [0.29, 0.717) is 18.1 Å². The molecule has 2 N–H and O–H groups in total. The maximum absolute atomic E-state index is 6.47. The maximum atomic E-state index is 6.47. The second-order valence-electron chi connectivity index (χ2n) is 7.46. The quantitative estimate of drug-likeness (QED) is 0.860. The highest BCUT2D eigenvalue weighted by molar-refractivity contribution is 4.94. The van der Waals surface area contributed by atoms with Crippen LogP contribution in [0.3, 0.4) is 0 Å². The Morgan fingerprint density at radius 2 is 1.80 bits per heavy atom. The van der Waals surface area contributed by atoms with Crippen molar-refractivity contribution in [1.29, 1.82) is 0 Å². The molecule has 2 saturated carbocycles. The van der Waals surface area contributed by atoms with Crippen molar-refractivity contribution in [2.45, 2.75) is 82.0 Å². The number of likely N-dealkylation sites (N-methyl/N-ethyl adjacent to an activating group) is 1. The minimum absolute atomic E-state index is 0.283. The highest BCUT2D eigenvalue weighted by atomic mass is 16.5. The Bertz CT molecular complexity index is 314. The van der Waals surface area contributed by atoms with Crippen molar-refractivity contribution >= 4 is 0 Å². The lowest BCUT2D eigenvalue weighted by atomic mass is 9.83. The summed E-state index contributed by atoms with van der Waals surface area (Å²) in [6, 6.07) is 0.692. The Kier molecular flexibility index (Phi) is 4.68. The van der Waals surface area contributed by atoms with Gasteiger partial charge in [-0.15, -0.1) is 0 Å². The van der Waals surface area contributed by atoms with Gasteiger partial charge in [0.15, 0.2) is 0 Å². The number of nitrogens with zero attached hydrogens (tertiary/aromatic N) is 1. The summed E-state index contributed by atoms with van der Waals surface area (Å²) in [6.07, 6.45) is 13.8. The lowest BCUT2D eigenvalue weighted by Gasteiger charge is -2.38. The SMILES string of the molecule is CN(CC1CCC2(CCCC2)O1)C1CCCCC1CN. The Morgan fingerprint density at radius 3 is 2.55 bits per heavy atom. The average molecular weight is 280 g/mol. The van der Waals surface area contributed by atoms with E-state index in [1.54, 1.807) is 0 Å². The van der Waals surface area contributed by atoms with Gasteiger partial charge in [-0.2, -0.15) is 0 Å². The third-order valence-electron chi connectivity index (χ3n) is 6.08. The minimum Gasteiger partial charge on any atom is -0.370 e. The molecule has 3 atom stereocenters. The van der Waals surface area contributed by atoms with E-state index in [-0.39, 0.29) is 5.60 Å². The van der Waals surface area contributed by atoms with Gasteiger partial charge in [-0.05, 0) is 58.0 Å². The first-order valence-corrected chi connectivity index (χ1v) is 8.80. The lowest BCUT2D eigenvalue weighted by molar-refractivity contribution is -0.0522. The molecule has 1 spiro atoms. The van der Waals surface area contributed by atoms with E-state index in [2.05, 4.69) is 11.9 Å². The molecule has 0 aromatic rings. The third kappa shape index (κ3) is 3.05. The zero-order valence-corrected chi connectivity index (χ0v) is 13.2. The van der Waals surface area contributed by atoms with Crippen LogP contribution in [0.25, 0.3) is 0 Å². The topological polar surface area (TPSA) is 38.5 Å². The Labute approximate surface area is 124 Å². The summed E-state index contributed by atoms with van der Waals surface area (Å²) in [5.41, 5.74) is 6.26. The van der Waals surface area contributed by atoms with Crippen molar-refractivity contribution in [1.82, 2.24) is 4.90 Å². The molecule has 3 heteroatoms. The van der Waals surface area contributed by atoms with Crippen LogP contribution in [0.15, 0.2) is 0 Å². The molecule has 1 aliphatic heterocycles. The van der Waals surface area contributed by atoms with E-state index in [0.717, 1.165) is 13.1 Å². The van der Waals surface area contributed by atoms with E-state index < -0.39 is 0 Å². The summed E-state index contributed by atoms with van der Waals surface area (Å²) in [4.78, 5) is 2.56. The van der Waals surface area contributed by atoms with Crippen LogP contribution in [0, 0.1) is 5.92 Å². The molecule has 0 bridgehead atoms. The van der Waals surface area contributed by atoms with Gasteiger partial charge in [0.05, 0.1) is 11.7 Å². The molecule has 20 heavy (non-hydrogen) atoms. The molecule has 0 aromatic heterocycles. The van der Waals surface area contributed by atoms with Gasteiger partial charge in [0.25, 0.3) is 0 Å². The van der Waals surface area contributed by atoms with Crippen molar-refractivity contribution in [3.8, 4) is 0 Å². The van der Waals surface area contributed by atoms with Crippen LogP contribution >= 0.6 is 0 Å². The van der Waals surface area contributed by atoms with Gasteiger partial charge in [0.2, 0.25) is 0 Å². The molecule has 0 radical (unpaired) electrons. The van der Waals surface area contributed by atoms with Gasteiger partial charge >= 0.3 is 0 Å². The van der Waals surface area contributed by atoms with Crippen molar-refractivity contribution in [2.24, 2.45) is 11.7 Å². The standard InChI is InChI=1S/C17H32N2O/c1-19(16-7-3-2-6-14(16)12-18)13-15-8-11-17(20-15)9-4-5-10-17/h14-16H,2-13,18H2,1H3. The van der Waals surface area contributed by atoms with Gasteiger partial charge in [-0.25, -0.2) is 0 Å². The molecule has 0 aromatic carbocycles. The smallest absolute Gasteiger partial charge is 0.0710 e. The van der Waals surface area contributed by atoms with Crippen molar-refractivity contribution in [3.63, 3.8) is 0 Å². The summed E-state index contributed by atoms with van der Waals surface area (Å²) < 4.78 is 6.47. The van der Waals surface area contributed by atoms with Gasteiger partial charge in [0, 0.05) is 12.6 Å². The Balaban J connectivity index is 1.52. The van der Waals surface area contributed by atoms with Crippen LogP contribution < -0.4 is 5.73 Å². The monoisotopic (exact) mass is 280 g/mol. The van der Waals surface area contributed by atoms with Crippen LogP contribution in [-0.4, -0.2) is 42.8 Å². The first kappa shape index (κ1) is 14.8. The van der Waals surface area contributed by atoms with Crippen molar-refractivity contribution in [2.75, 3.05) is 20.1 Å². The highest BCUT2D eigenvalue weighted by Gasteiger charge is 2.42. The fourth-order valence-corrected chi connectivity index (χ4v) is 4.91.